The van der Waals surface area contributed by atoms with E-state index in [0.29, 0.717) is 0 Å². The van der Waals surface area contributed by atoms with Crippen LogP contribution in [0.2, 0.25) is 0 Å². The Morgan fingerprint density at radius 3 is 0.471 bits per heavy atom. The van der Waals surface area contributed by atoms with Gasteiger partial charge in [0.25, 0.3) is 0 Å². The Bertz CT molecular complexity index is 208. The summed E-state index contributed by atoms with van der Waals surface area (Å²) >= 11 is 0. The fourth-order valence-corrected chi connectivity index (χ4v) is 0. The van der Waals surface area contributed by atoms with Crippen LogP contribution in [0.3, 0.4) is 0 Å². The molecule has 1 radical (unpaired) electrons. The molecule has 0 amide bonds. The second-order valence-corrected chi connectivity index (χ2v) is 4.62. The Morgan fingerprint density at radius 2 is 0.471 bits per heavy atom. The molecule has 17 heteroatoms. The van der Waals surface area contributed by atoms with E-state index in [4.69, 9.17) is 57.7 Å². The summed E-state index contributed by atoms with van der Waals surface area (Å²) < 4.78 is 26.6. The zero-order valence-corrected chi connectivity index (χ0v) is 15.3. The van der Waals surface area contributed by atoms with Crippen molar-refractivity contribution in [2.45, 2.75) is 0 Å². The Morgan fingerprint density at radius 1 is 0.471 bits per heavy atom. The number of hydrogen-bond acceptors (Lipinski definition) is 3. The summed E-state index contributed by atoms with van der Waals surface area (Å²) in [4.78, 5) is 64.7. The molecule has 0 bridgehead atoms. The van der Waals surface area contributed by atoms with Crippen LogP contribution in [0, 0.1) is 0 Å². The number of hydrogen-bond donors (Lipinski definition) is 9. The third kappa shape index (κ3) is 1560. The summed E-state index contributed by atoms with van der Waals surface area (Å²) in [5.41, 5.74) is 0. The van der Waals surface area contributed by atoms with E-state index >= 15 is 0 Å². The van der Waals surface area contributed by atoms with Crippen molar-refractivity contribution >= 4 is 47.9 Å². The third-order valence-corrected chi connectivity index (χ3v) is 0. The number of rotatable bonds is 0. The number of phosphoric acid groups is 3. The molecular weight excluding hydrogens is 470 g/mol. The summed E-state index contributed by atoms with van der Waals surface area (Å²) in [6.07, 6.45) is 0. The predicted molar refractivity (Wildman–Crippen MR) is 52.7 cm³/mol. The first kappa shape index (κ1) is 31.2. The molecule has 0 rings (SSSR count). The van der Waals surface area contributed by atoms with E-state index in [1.165, 1.54) is 0 Å². The van der Waals surface area contributed by atoms with Crippen LogP contribution >= 0.6 is 23.5 Å². The molecule has 0 aromatic rings. The van der Waals surface area contributed by atoms with Gasteiger partial charge in [0, 0.05) is 17.1 Å². The molecule has 0 heterocycles. The fraction of sp³-hybridized carbons (Fsp3) is 0. The zero-order chi connectivity index (χ0) is 13.5. The van der Waals surface area contributed by atoms with Gasteiger partial charge >= 0.3 is 47.9 Å². The molecule has 0 saturated carbocycles. The Labute approximate surface area is 122 Å². The van der Waals surface area contributed by atoms with Gasteiger partial charge in [0.15, 0.2) is 0 Å². The first-order chi connectivity index (χ1) is 6.00. The normalized spacial score (nSPS) is 10.4. The van der Waals surface area contributed by atoms with Crippen molar-refractivity contribution in [3.63, 3.8) is 0 Å². The van der Waals surface area contributed by atoms with Crippen LogP contribution in [0.25, 0.3) is 0 Å². The molecule has 9 N–H and O–H groups in total. The van der Waals surface area contributed by atoms with Crippen LogP contribution in [-0.2, 0) is 30.8 Å². The van der Waals surface area contributed by atoms with Crippen LogP contribution in [0.4, 0.5) is 0 Å². The SMILES string of the molecule is O=P(O)(O)O.O=P(O)(O)O.O=P(O)(O)O.[Cu].[SbH3]. The minimum absolute atomic E-state index is 0. The third-order valence-electron chi connectivity index (χ3n) is 0. The van der Waals surface area contributed by atoms with Gasteiger partial charge in [-0.1, -0.05) is 0 Å². The van der Waals surface area contributed by atoms with Gasteiger partial charge in [-0.2, -0.15) is 0 Å². The van der Waals surface area contributed by atoms with E-state index < -0.39 is 23.5 Å². The molecule has 0 atom stereocenters. The van der Waals surface area contributed by atoms with Crippen molar-refractivity contribution in [1.29, 1.82) is 0 Å². The van der Waals surface area contributed by atoms with Gasteiger partial charge in [0.2, 0.25) is 0 Å². The molecule has 17 heavy (non-hydrogen) atoms. The van der Waals surface area contributed by atoms with Crippen molar-refractivity contribution in [2.24, 2.45) is 0 Å². The Hall–Kier alpha value is 1.67. The average molecular weight is 482 g/mol. The molecule has 0 fully saturated rings. The molecule has 12 nitrogen and oxygen atoms in total. The van der Waals surface area contributed by atoms with Crippen molar-refractivity contribution < 1.29 is 74.8 Å². The Balaban J connectivity index is -0.0000000400. The van der Waals surface area contributed by atoms with E-state index in [-0.39, 0.29) is 41.5 Å². The molecule has 0 spiro atoms. The standard InChI is InChI=1S/Cu.3H3O4P.Sb.3H/c;3*1-5(2,3)4;;;;/h;3*(H3,1,2,3,4);;;;. The summed E-state index contributed by atoms with van der Waals surface area (Å²) in [6, 6.07) is 0. The zero-order valence-electron chi connectivity index (χ0n) is 7.60. The maximum atomic E-state index is 8.88. The van der Waals surface area contributed by atoms with Crippen molar-refractivity contribution in [2.75, 3.05) is 0 Å². The average Bonchev–Trinajstić information content (AvgIpc) is 1.41. The molecule has 0 unspecified atom stereocenters. The molecule has 0 aliphatic heterocycles. The van der Waals surface area contributed by atoms with E-state index in [0.717, 1.165) is 0 Å². The quantitative estimate of drug-likeness (QED) is 0.119. The minimum atomic E-state index is -4.64. The first-order valence-electron chi connectivity index (χ1n) is 2.35. The van der Waals surface area contributed by atoms with Gasteiger partial charge < -0.3 is 44.0 Å². The van der Waals surface area contributed by atoms with Gasteiger partial charge in [-0.25, -0.2) is 13.7 Å². The van der Waals surface area contributed by atoms with E-state index in [1.54, 1.807) is 0 Å². The van der Waals surface area contributed by atoms with E-state index in [1.807, 2.05) is 0 Å². The topological polar surface area (TPSA) is 233 Å². The monoisotopic (exact) mass is 481 g/mol. The summed E-state index contributed by atoms with van der Waals surface area (Å²) in [6.45, 7) is 0. The molecule has 0 aromatic heterocycles. The van der Waals surface area contributed by atoms with Crippen LogP contribution in [0.5, 0.6) is 0 Å². The van der Waals surface area contributed by atoms with E-state index in [2.05, 4.69) is 0 Å². The van der Waals surface area contributed by atoms with Crippen LogP contribution in [-0.4, -0.2) is 68.5 Å². The van der Waals surface area contributed by atoms with Crippen LogP contribution in [0.15, 0.2) is 0 Å². The van der Waals surface area contributed by atoms with E-state index in [9.17, 15) is 0 Å². The van der Waals surface area contributed by atoms with Crippen LogP contribution < -0.4 is 0 Å². The summed E-state index contributed by atoms with van der Waals surface area (Å²) in [7, 11) is -13.9. The predicted octanol–water partition coefficient (Wildman–Crippen LogP) is -3.97. The van der Waals surface area contributed by atoms with Gasteiger partial charge in [-0.3, -0.25) is 0 Å². The first-order valence-corrected chi connectivity index (χ1v) is 7.04. The summed E-state index contributed by atoms with van der Waals surface area (Å²) in [5.74, 6) is 0. The van der Waals surface area contributed by atoms with Gasteiger partial charge in [-0.15, -0.1) is 0 Å². The molecule has 0 aliphatic carbocycles. The molecular formula is H12CuO12P3Sb. The fourth-order valence-electron chi connectivity index (χ4n) is 0. The second-order valence-electron chi connectivity index (χ2n) is 1.54. The van der Waals surface area contributed by atoms with Crippen molar-refractivity contribution in [1.82, 2.24) is 0 Å². The molecule has 0 aromatic carbocycles. The molecule has 0 aliphatic rings. The van der Waals surface area contributed by atoms with Crippen molar-refractivity contribution in [3.8, 4) is 0 Å². The van der Waals surface area contributed by atoms with Crippen LogP contribution in [0.1, 0.15) is 0 Å². The second kappa shape index (κ2) is 12.7. The van der Waals surface area contributed by atoms with Gasteiger partial charge in [-0.05, 0) is 0 Å². The Kier molecular flexibility index (Phi) is 23.3. The molecule has 0 saturated heterocycles. The molecule has 115 valence electrons. The summed E-state index contributed by atoms with van der Waals surface area (Å²) in [5, 5.41) is 0. The van der Waals surface area contributed by atoms with Gasteiger partial charge in [0.05, 0.1) is 0 Å². The maximum absolute atomic E-state index is 8.88. The van der Waals surface area contributed by atoms with Crippen molar-refractivity contribution in [3.05, 3.63) is 0 Å². The van der Waals surface area contributed by atoms with Gasteiger partial charge in [0.1, 0.15) is 0 Å².